The molecule has 3 aromatic carbocycles. The van der Waals surface area contributed by atoms with Crippen LogP contribution in [0.1, 0.15) is 16.7 Å². The summed E-state index contributed by atoms with van der Waals surface area (Å²) in [6.45, 7) is 5.55. The molecule has 3 rings (SSSR count). The summed E-state index contributed by atoms with van der Waals surface area (Å²) >= 11 is 0. The van der Waals surface area contributed by atoms with Crippen molar-refractivity contribution < 1.29 is 13.2 Å². The topological polar surface area (TPSA) is 0 Å². The highest BCUT2D eigenvalue weighted by Crippen LogP contribution is 2.36. The lowest BCUT2D eigenvalue weighted by atomic mass is 9.89. The molecule has 0 unspecified atom stereocenters. The summed E-state index contributed by atoms with van der Waals surface area (Å²) < 4.78 is 41.6. The second-order valence-corrected chi connectivity index (χ2v) is 6.04. The van der Waals surface area contributed by atoms with Gasteiger partial charge in [-0.05, 0) is 96.1 Å². The van der Waals surface area contributed by atoms with Gasteiger partial charge in [-0.2, -0.15) is 0 Å². The molecule has 0 spiro atoms. The van der Waals surface area contributed by atoms with E-state index >= 15 is 0 Å². The second kappa shape index (κ2) is 6.16. The Balaban J connectivity index is 2.30. The molecule has 24 heavy (non-hydrogen) atoms. The van der Waals surface area contributed by atoms with Crippen LogP contribution in [0.4, 0.5) is 13.2 Å². The molecule has 0 atom stereocenters. The van der Waals surface area contributed by atoms with Crippen molar-refractivity contribution in [1.82, 2.24) is 0 Å². The van der Waals surface area contributed by atoms with Crippen molar-refractivity contribution in [1.29, 1.82) is 0 Å². The summed E-state index contributed by atoms with van der Waals surface area (Å²) in [7, 11) is 0. The minimum absolute atomic E-state index is 0.372. The van der Waals surface area contributed by atoms with Gasteiger partial charge in [-0.1, -0.05) is 12.1 Å². The summed E-state index contributed by atoms with van der Waals surface area (Å²) in [4.78, 5) is 0. The van der Waals surface area contributed by atoms with Gasteiger partial charge in [0.25, 0.3) is 0 Å². The first-order chi connectivity index (χ1) is 11.4. The van der Waals surface area contributed by atoms with Gasteiger partial charge < -0.3 is 0 Å². The standard InChI is InChI=1S/C21H17F3/c1-12-4-6-15(22)8-18(12)20-10-17(24)11-21(14(20)3)19-9-16(23)7-5-13(19)2/h4-11H,1-3H3. The SMILES string of the molecule is Cc1ccc(F)cc1-c1cc(F)cc(-c2cc(F)ccc2C)c1C. The summed E-state index contributed by atoms with van der Waals surface area (Å²) in [6.07, 6.45) is 0. The van der Waals surface area contributed by atoms with E-state index in [9.17, 15) is 13.2 Å². The number of rotatable bonds is 2. The third-order valence-electron chi connectivity index (χ3n) is 4.35. The van der Waals surface area contributed by atoms with Crippen LogP contribution in [-0.4, -0.2) is 0 Å². The van der Waals surface area contributed by atoms with Gasteiger partial charge in [0, 0.05) is 0 Å². The first-order valence-corrected chi connectivity index (χ1v) is 7.70. The monoisotopic (exact) mass is 326 g/mol. The summed E-state index contributed by atoms with van der Waals surface area (Å²) in [6, 6.07) is 11.7. The minimum atomic E-state index is -0.432. The third kappa shape index (κ3) is 2.94. The maximum absolute atomic E-state index is 14.3. The Morgan fingerprint density at radius 3 is 1.29 bits per heavy atom. The largest absolute Gasteiger partial charge is 0.207 e. The Morgan fingerprint density at radius 1 is 0.500 bits per heavy atom. The normalized spacial score (nSPS) is 10.9. The molecule has 0 bridgehead atoms. The molecule has 0 aliphatic rings. The second-order valence-electron chi connectivity index (χ2n) is 6.04. The lowest BCUT2D eigenvalue weighted by Gasteiger charge is -2.16. The quantitative estimate of drug-likeness (QED) is 0.514. The molecule has 0 aliphatic heterocycles. The van der Waals surface area contributed by atoms with E-state index in [4.69, 9.17) is 0 Å². The zero-order valence-corrected chi connectivity index (χ0v) is 13.8. The van der Waals surface area contributed by atoms with Crippen LogP contribution >= 0.6 is 0 Å². The highest BCUT2D eigenvalue weighted by atomic mass is 19.1. The van der Waals surface area contributed by atoms with Crippen LogP contribution in [-0.2, 0) is 0 Å². The van der Waals surface area contributed by atoms with E-state index in [1.54, 1.807) is 12.1 Å². The number of hydrogen-bond acceptors (Lipinski definition) is 0. The number of hydrogen-bond donors (Lipinski definition) is 0. The van der Waals surface area contributed by atoms with E-state index in [-0.39, 0.29) is 11.6 Å². The molecular formula is C21H17F3. The van der Waals surface area contributed by atoms with Gasteiger partial charge >= 0.3 is 0 Å². The van der Waals surface area contributed by atoms with Crippen LogP contribution in [0.15, 0.2) is 48.5 Å². The van der Waals surface area contributed by atoms with E-state index in [0.717, 1.165) is 16.7 Å². The lowest BCUT2D eigenvalue weighted by molar-refractivity contribution is 0.624. The molecule has 0 heterocycles. The molecule has 0 fully saturated rings. The van der Waals surface area contributed by atoms with Crippen LogP contribution in [0.25, 0.3) is 22.3 Å². The van der Waals surface area contributed by atoms with E-state index < -0.39 is 5.82 Å². The highest BCUT2D eigenvalue weighted by Gasteiger charge is 2.15. The number of benzene rings is 3. The third-order valence-corrected chi connectivity index (χ3v) is 4.35. The van der Waals surface area contributed by atoms with Gasteiger partial charge in [-0.25, -0.2) is 13.2 Å². The summed E-state index contributed by atoms with van der Waals surface area (Å²) in [5, 5.41) is 0. The van der Waals surface area contributed by atoms with Gasteiger partial charge in [0.05, 0.1) is 0 Å². The molecule has 0 nitrogen and oxygen atoms in total. The van der Waals surface area contributed by atoms with Gasteiger partial charge in [0.15, 0.2) is 0 Å². The molecule has 3 heteroatoms. The minimum Gasteiger partial charge on any atom is -0.207 e. The molecule has 0 N–H and O–H groups in total. The fourth-order valence-corrected chi connectivity index (χ4v) is 3.01. The van der Waals surface area contributed by atoms with Crippen molar-refractivity contribution in [2.45, 2.75) is 20.8 Å². The first-order valence-electron chi connectivity index (χ1n) is 7.70. The molecule has 0 aliphatic carbocycles. The van der Waals surface area contributed by atoms with Crippen molar-refractivity contribution >= 4 is 0 Å². The van der Waals surface area contributed by atoms with Crippen LogP contribution in [0, 0.1) is 38.2 Å². The van der Waals surface area contributed by atoms with Gasteiger partial charge in [-0.15, -0.1) is 0 Å². The zero-order chi connectivity index (χ0) is 17.4. The lowest BCUT2D eigenvalue weighted by Crippen LogP contribution is -1.95. The van der Waals surface area contributed by atoms with Crippen LogP contribution in [0.2, 0.25) is 0 Å². The maximum atomic E-state index is 14.3. The van der Waals surface area contributed by atoms with Crippen LogP contribution in [0.3, 0.4) is 0 Å². The van der Waals surface area contributed by atoms with Crippen molar-refractivity contribution in [3.63, 3.8) is 0 Å². The number of aryl methyl sites for hydroxylation is 2. The Labute approximate surface area is 139 Å². The predicted molar refractivity (Wildman–Crippen MR) is 91.4 cm³/mol. The summed E-state index contributed by atoms with van der Waals surface area (Å²) in [5.74, 6) is -1.18. The van der Waals surface area contributed by atoms with Gasteiger partial charge in [-0.3, -0.25) is 0 Å². The molecule has 0 saturated carbocycles. The molecule has 0 aromatic heterocycles. The van der Waals surface area contributed by atoms with Crippen LogP contribution < -0.4 is 0 Å². The maximum Gasteiger partial charge on any atom is 0.124 e. The molecule has 0 radical (unpaired) electrons. The Hall–Kier alpha value is -2.55. The van der Waals surface area contributed by atoms with Crippen molar-refractivity contribution in [2.24, 2.45) is 0 Å². The summed E-state index contributed by atoms with van der Waals surface area (Å²) in [5.41, 5.74) is 5.01. The fraction of sp³-hybridized carbons (Fsp3) is 0.143. The van der Waals surface area contributed by atoms with Gasteiger partial charge in [0.1, 0.15) is 17.5 Å². The average Bonchev–Trinajstić information content (AvgIpc) is 2.54. The van der Waals surface area contributed by atoms with E-state index in [1.165, 1.54) is 36.4 Å². The highest BCUT2D eigenvalue weighted by molar-refractivity contribution is 5.81. The molecule has 3 aromatic rings. The van der Waals surface area contributed by atoms with E-state index in [0.29, 0.717) is 22.3 Å². The average molecular weight is 326 g/mol. The van der Waals surface area contributed by atoms with Crippen molar-refractivity contribution in [3.8, 4) is 22.3 Å². The van der Waals surface area contributed by atoms with Crippen molar-refractivity contribution in [3.05, 3.63) is 82.7 Å². The smallest absolute Gasteiger partial charge is 0.124 e. The predicted octanol–water partition coefficient (Wildman–Crippen LogP) is 6.36. The Kier molecular flexibility index (Phi) is 4.18. The van der Waals surface area contributed by atoms with Crippen LogP contribution in [0.5, 0.6) is 0 Å². The van der Waals surface area contributed by atoms with E-state index in [2.05, 4.69) is 0 Å². The number of halogens is 3. The molecule has 0 amide bonds. The van der Waals surface area contributed by atoms with Gasteiger partial charge in [0.2, 0.25) is 0 Å². The first kappa shape index (κ1) is 16.3. The van der Waals surface area contributed by atoms with E-state index in [1.807, 2.05) is 20.8 Å². The van der Waals surface area contributed by atoms with Crippen molar-refractivity contribution in [2.75, 3.05) is 0 Å². The zero-order valence-electron chi connectivity index (χ0n) is 13.8. The molecule has 122 valence electrons. The molecular weight excluding hydrogens is 309 g/mol. The molecule has 0 saturated heterocycles. The fourth-order valence-electron chi connectivity index (χ4n) is 3.01. The Morgan fingerprint density at radius 2 is 0.875 bits per heavy atom. The Bertz CT molecular complexity index is 854.